The molecule has 0 N–H and O–H groups in total. The molecule has 0 radical (unpaired) electrons. The van der Waals surface area contributed by atoms with Crippen molar-refractivity contribution in [2.75, 3.05) is 4.90 Å². The van der Waals surface area contributed by atoms with E-state index in [4.69, 9.17) is 11.6 Å². The van der Waals surface area contributed by atoms with Gasteiger partial charge in [-0.15, -0.1) is 0 Å². The molecule has 0 aliphatic carbocycles. The van der Waals surface area contributed by atoms with Crippen LogP contribution in [0.25, 0.3) is 0 Å². The van der Waals surface area contributed by atoms with Crippen molar-refractivity contribution in [1.82, 2.24) is 0 Å². The van der Waals surface area contributed by atoms with Gasteiger partial charge in [0.2, 0.25) is 0 Å². The highest BCUT2D eigenvalue weighted by Gasteiger charge is 2.37. The van der Waals surface area contributed by atoms with E-state index in [0.29, 0.717) is 22.8 Å². The summed E-state index contributed by atoms with van der Waals surface area (Å²) in [5, 5.41) is 0.328. The maximum absolute atomic E-state index is 12.2. The van der Waals surface area contributed by atoms with Crippen LogP contribution in [0.4, 0.5) is 5.69 Å². The van der Waals surface area contributed by atoms with Crippen LogP contribution < -0.4 is 4.90 Å². The Bertz CT molecular complexity index is 767. The fourth-order valence-corrected chi connectivity index (χ4v) is 2.85. The molecule has 0 saturated heterocycles. The number of aryl methyl sites for hydroxylation is 2. The number of hydrogen-bond donors (Lipinski definition) is 0. The SMILES string of the molecule is Cc1ccc(C)c(CN2C(=O)C(=O)c3c(Cl)cccc32)c1. The van der Waals surface area contributed by atoms with Crippen LogP contribution in [0.5, 0.6) is 0 Å². The molecule has 1 amide bonds. The summed E-state index contributed by atoms with van der Waals surface area (Å²) >= 11 is 6.05. The second-order valence-corrected chi connectivity index (χ2v) is 5.69. The highest BCUT2D eigenvalue weighted by molar-refractivity contribution is 6.55. The van der Waals surface area contributed by atoms with Gasteiger partial charge < -0.3 is 4.90 Å². The molecule has 3 rings (SSSR count). The lowest BCUT2D eigenvalue weighted by atomic mass is 10.1. The first kappa shape index (κ1) is 13.8. The van der Waals surface area contributed by atoms with Crippen molar-refractivity contribution < 1.29 is 9.59 Å². The molecule has 0 aromatic heterocycles. The van der Waals surface area contributed by atoms with Crippen LogP contribution in [0.15, 0.2) is 36.4 Å². The van der Waals surface area contributed by atoms with Crippen molar-refractivity contribution in [3.63, 3.8) is 0 Å². The standard InChI is InChI=1S/C17H14ClNO2/c1-10-6-7-11(2)12(8-10)9-19-14-5-3-4-13(18)15(14)16(20)17(19)21/h3-8H,9H2,1-2H3. The number of nitrogens with zero attached hydrogens (tertiary/aromatic N) is 1. The van der Waals surface area contributed by atoms with Gasteiger partial charge in [0.1, 0.15) is 0 Å². The van der Waals surface area contributed by atoms with E-state index in [1.54, 1.807) is 18.2 Å². The summed E-state index contributed by atoms with van der Waals surface area (Å²) in [5.41, 5.74) is 4.16. The number of ketones is 1. The van der Waals surface area contributed by atoms with Crippen LogP contribution in [0.3, 0.4) is 0 Å². The van der Waals surface area contributed by atoms with Crippen LogP contribution in [0.1, 0.15) is 27.0 Å². The normalized spacial score (nSPS) is 13.8. The van der Waals surface area contributed by atoms with Crippen molar-refractivity contribution in [2.24, 2.45) is 0 Å². The number of halogens is 1. The molecular weight excluding hydrogens is 286 g/mol. The second-order valence-electron chi connectivity index (χ2n) is 5.28. The molecule has 1 heterocycles. The number of fused-ring (bicyclic) bond motifs is 1. The molecule has 4 heteroatoms. The van der Waals surface area contributed by atoms with Gasteiger partial charge in [-0.3, -0.25) is 9.59 Å². The smallest absolute Gasteiger partial charge is 0.299 e. The second kappa shape index (κ2) is 5.01. The lowest BCUT2D eigenvalue weighted by Gasteiger charge is -2.18. The van der Waals surface area contributed by atoms with Gasteiger partial charge in [0, 0.05) is 0 Å². The summed E-state index contributed by atoms with van der Waals surface area (Å²) in [6, 6.07) is 11.2. The van der Waals surface area contributed by atoms with Gasteiger partial charge in [0.25, 0.3) is 11.7 Å². The Hall–Kier alpha value is -2.13. The third-order valence-electron chi connectivity index (χ3n) is 3.78. The number of carbonyl (C=O) groups excluding carboxylic acids is 2. The van der Waals surface area contributed by atoms with Crippen molar-refractivity contribution in [3.8, 4) is 0 Å². The number of rotatable bonds is 2. The number of Topliss-reactive ketones (excluding diaryl/α,β-unsaturated/α-hetero) is 1. The zero-order chi connectivity index (χ0) is 15.1. The Labute approximate surface area is 128 Å². The molecule has 2 aromatic carbocycles. The third kappa shape index (κ3) is 2.24. The molecule has 106 valence electrons. The van der Waals surface area contributed by atoms with Crippen LogP contribution in [-0.2, 0) is 11.3 Å². The molecule has 0 unspecified atom stereocenters. The predicted octanol–water partition coefficient (Wildman–Crippen LogP) is 3.69. The minimum absolute atomic E-state index is 0.314. The third-order valence-corrected chi connectivity index (χ3v) is 4.10. The number of carbonyl (C=O) groups is 2. The van der Waals surface area contributed by atoms with Gasteiger partial charge in [-0.05, 0) is 37.1 Å². The van der Waals surface area contributed by atoms with E-state index in [1.165, 1.54) is 4.90 Å². The van der Waals surface area contributed by atoms with E-state index in [0.717, 1.165) is 16.7 Å². The topological polar surface area (TPSA) is 37.4 Å². The molecule has 0 spiro atoms. The number of amides is 1. The summed E-state index contributed by atoms with van der Waals surface area (Å²) in [6.07, 6.45) is 0. The van der Waals surface area contributed by atoms with Crippen molar-refractivity contribution in [1.29, 1.82) is 0 Å². The first-order chi connectivity index (χ1) is 9.99. The van der Waals surface area contributed by atoms with Gasteiger partial charge in [-0.25, -0.2) is 0 Å². The number of hydrogen-bond acceptors (Lipinski definition) is 2. The Morgan fingerprint density at radius 1 is 1.10 bits per heavy atom. The van der Waals surface area contributed by atoms with Gasteiger partial charge in [-0.2, -0.15) is 0 Å². The maximum atomic E-state index is 12.2. The summed E-state index contributed by atoms with van der Waals surface area (Å²) in [7, 11) is 0. The van der Waals surface area contributed by atoms with Crippen LogP contribution in [0.2, 0.25) is 5.02 Å². The lowest BCUT2D eigenvalue weighted by Crippen LogP contribution is -2.29. The van der Waals surface area contributed by atoms with Crippen LogP contribution in [0, 0.1) is 13.8 Å². The van der Waals surface area contributed by atoms with E-state index < -0.39 is 11.7 Å². The first-order valence-electron chi connectivity index (χ1n) is 6.70. The predicted molar refractivity (Wildman–Crippen MR) is 82.9 cm³/mol. The molecule has 0 bridgehead atoms. The van der Waals surface area contributed by atoms with E-state index in [2.05, 4.69) is 0 Å². The average Bonchev–Trinajstić information content (AvgIpc) is 2.69. The molecule has 1 aliphatic rings. The van der Waals surface area contributed by atoms with Crippen molar-refractivity contribution in [3.05, 3.63) is 63.7 Å². The zero-order valence-electron chi connectivity index (χ0n) is 11.8. The van der Waals surface area contributed by atoms with Gasteiger partial charge in [-0.1, -0.05) is 41.4 Å². The van der Waals surface area contributed by atoms with E-state index >= 15 is 0 Å². The molecule has 0 atom stereocenters. The molecule has 0 saturated carbocycles. The van der Waals surface area contributed by atoms with Crippen LogP contribution >= 0.6 is 11.6 Å². The lowest BCUT2D eigenvalue weighted by molar-refractivity contribution is -0.114. The maximum Gasteiger partial charge on any atom is 0.299 e. The fourth-order valence-electron chi connectivity index (χ4n) is 2.60. The summed E-state index contributed by atoms with van der Waals surface area (Å²) in [5.74, 6) is -1.04. The van der Waals surface area contributed by atoms with Crippen molar-refractivity contribution in [2.45, 2.75) is 20.4 Å². The van der Waals surface area contributed by atoms with Gasteiger partial charge in [0.15, 0.2) is 0 Å². The minimum Gasteiger partial charge on any atom is -0.300 e. The fraction of sp³-hybridized carbons (Fsp3) is 0.176. The highest BCUT2D eigenvalue weighted by Crippen LogP contribution is 2.35. The zero-order valence-corrected chi connectivity index (χ0v) is 12.6. The Kier molecular flexibility index (Phi) is 3.30. The Balaban J connectivity index is 2.05. The molecular formula is C17H14ClNO2. The summed E-state index contributed by atoms with van der Waals surface area (Å²) in [6.45, 7) is 4.38. The molecule has 0 fully saturated rings. The Morgan fingerprint density at radius 3 is 2.62 bits per heavy atom. The Morgan fingerprint density at radius 2 is 1.86 bits per heavy atom. The summed E-state index contributed by atoms with van der Waals surface area (Å²) in [4.78, 5) is 25.8. The molecule has 2 aromatic rings. The summed E-state index contributed by atoms with van der Waals surface area (Å²) < 4.78 is 0. The average molecular weight is 300 g/mol. The first-order valence-corrected chi connectivity index (χ1v) is 7.07. The highest BCUT2D eigenvalue weighted by atomic mass is 35.5. The molecule has 1 aliphatic heterocycles. The van der Waals surface area contributed by atoms with E-state index in [-0.39, 0.29) is 0 Å². The minimum atomic E-state index is -0.527. The van der Waals surface area contributed by atoms with Crippen LogP contribution in [-0.4, -0.2) is 11.7 Å². The number of benzene rings is 2. The molecule has 21 heavy (non-hydrogen) atoms. The quantitative estimate of drug-likeness (QED) is 0.793. The van der Waals surface area contributed by atoms with Gasteiger partial charge >= 0.3 is 0 Å². The van der Waals surface area contributed by atoms with E-state index in [1.807, 2.05) is 32.0 Å². The molecule has 3 nitrogen and oxygen atoms in total. The number of anilines is 1. The monoisotopic (exact) mass is 299 g/mol. The largest absolute Gasteiger partial charge is 0.300 e. The van der Waals surface area contributed by atoms with Crippen molar-refractivity contribution >= 4 is 29.0 Å². The van der Waals surface area contributed by atoms with Gasteiger partial charge in [0.05, 0.1) is 22.8 Å². The van der Waals surface area contributed by atoms with E-state index in [9.17, 15) is 9.59 Å².